The van der Waals surface area contributed by atoms with Crippen molar-refractivity contribution in [3.63, 3.8) is 0 Å². The highest BCUT2D eigenvalue weighted by molar-refractivity contribution is 5.75. The van der Waals surface area contributed by atoms with Crippen LogP contribution in [0.4, 0.5) is 31.1 Å². The molecule has 0 saturated heterocycles. The number of imidazole rings is 1. The number of carbonyl (C=O) groups is 1. The second-order valence-electron chi connectivity index (χ2n) is 7.78. The standard InChI is InChI=1S/C21H23F6N7O2/c1-4-34(19(35)32-16(21(25,26)27)5-6-20(22,23)24)12(2)13-9-14(30-11-29-13)15-10-33-8-7-28-17(33)18(31-15)36-3/h7-12,16H,4-6H2,1-3H3,(H,32,35)/t12?,16-/m0/s1. The highest BCUT2D eigenvalue weighted by atomic mass is 19.4. The average molecular weight is 519 g/mol. The van der Waals surface area contributed by atoms with Crippen molar-refractivity contribution in [3.05, 3.63) is 36.7 Å². The molecule has 1 N–H and O–H groups in total. The van der Waals surface area contributed by atoms with Crippen LogP contribution in [0.1, 0.15) is 38.4 Å². The van der Waals surface area contributed by atoms with E-state index >= 15 is 0 Å². The van der Waals surface area contributed by atoms with E-state index in [2.05, 4.69) is 19.9 Å². The smallest absolute Gasteiger partial charge is 0.408 e. The summed E-state index contributed by atoms with van der Waals surface area (Å²) in [5.74, 6) is 0.234. The average Bonchev–Trinajstić information content (AvgIpc) is 3.29. The molecule has 0 bridgehead atoms. The number of alkyl halides is 6. The molecule has 15 heteroatoms. The number of hydrogen-bond donors (Lipinski definition) is 1. The van der Waals surface area contributed by atoms with Crippen molar-refractivity contribution in [2.24, 2.45) is 0 Å². The molecule has 3 rings (SSSR count). The highest BCUT2D eigenvalue weighted by Gasteiger charge is 2.43. The van der Waals surface area contributed by atoms with Crippen LogP contribution in [0.3, 0.4) is 0 Å². The van der Waals surface area contributed by atoms with Crippen molar-refractivity contribution in [1.29, 1.82) is 0 Å². The van der Waals surface area contributed by atoms with Gasteiger partial charge in [-0.2, -0.15) is 26.3 Å². The first kappa shape index (κ1) is 26.9. The molecule has 0 spiro atoms. The Labute approximate surface area is 201 Å². The maximum atomic E-state index is 13.3. The molecule has 0 radical (unpaired) electrons. The number of nitrogens with one attached hydrogen (secondary N) is 1. The van der Waals surface area contributed by atoms with Crippen LogP contribution in [-0.4, -0.2) is 67.3 Å². The minimum absolute atomic E-state index is 0.0384. The van der Waals surface area contributed by atoms with Gasteiger partial charge < -0.3 is 19.4 Å². The fraction of sp³-hybridized carbons (Fsp3) is 0.476. The number of ether oxygens (including phenoxy) is 1. The summed E-state index contributed by atoms with van der Waals surface area (Å²) in [7, 11) is 1.43. The molecule has 36 heavy (non-hydrogen) atoms. The van der Waals surface area contributed by atoms with E-state index in [9.17, 15) is 31.1 Å². The van der Waals surface area contributed by atoms with Gasteiger partial charge in [-0.25, -0.2) is 24.7 Å². The number of aromatic nitrogens is 5. The highest BCUT2D eigenvalue weighted by Crippen LogP contribution is 2.30. The zero-order valence-electron chi connectivity index (χ0n) is 19.4. The summed E-state index contributed by atoms with van der Waals surface area (Å²) in [6, 6.07) is -3.16. The fourth-order valence-electron chi connectivity index (χ4n) is 3.51. The van der Waals surface area contributed by atoms with Crippen molar-refractivity contribution >= 4 is 11.7 Å². The first-order valence-electron chi connectivity index (χ1n) is 10.7. The van der Waals surface area contributed by atoms with Gasteiger partial charge in [0, 0.05) is 31.6 Å². The van der Waals surface area contributed by atoms with E-state index in [4.69, 9.17) is 4.74 Å². The molecule has 2 amide bonds. The van der Waals surface area contributed by atoms with Crippen LogP contribution >= 0.6 is 0 Å². The van der Waals surface area contributed by atoms with E-state index in [-0.39, 0.29) is 18.1 Å². The summed E-state index contributed by atoms with van der Waals surface area (Å²) >= 11 is 0. The van der Waals surface area contributed by atoms with Crippen LogP contribution in [0.25, 0.3) is 17.0 Å². The molecule has 3 aromatic rings. The van der Waals surface area contributed by atoms with E-state index in [1.807, 2.05) is 0 Å². The Balaban J connectivity index is 1.84. The second-order valence-corrected chi connectivity index (χ2v) is 7.78. The zero-order chi connectivity index (χ0) is 26.7. The fourth-order valence-corrected chi connectivity index (χ4v) is 3.51. The first-order valence-corrected chi connectivity index (χ1v) is 10.7. The Kier molecular flexibility index (Phi) is 7.89. The molecule has 1 unspecified atom stereocenters. The lowest BCUT2D eigenvalue weighted by Gasteiger charge is -2.31. The molecule has 196 valence electrons. The van der Waals surface area contributed by atoms with Crippen LogP contribution < -0.4 is 10.1 Å². The van der Waals surface area contributed by atoms with E-state index in [1.165, 1.54) is 33.4 Å². The van der Waals surface area contributed by atoms with Gasteiger partial charge in [-0.1, -0.05) is 0 Å². The molecule has 0 aliphatic rings. The minimum Gasteiger partial charge on any atom is -0.478 e. The lowest BCUT2D eigenvalue weighted by molar-refractivity contribution is -0.171. The van der Waals surface area contributed by atoms with Gasteiger partial charge in [0.25, 0.3) is 5.88 Å². The normalized spacial score (nSPS) is 13.9. The second kappa shape index (κ2) is 10.5. The zero-order valence-corrected chi connectivity index (χ0v) is 19.4. The Hall–Kier alpha value is -3.65. The lowest BCUT2D eigenvalue weighted by Crippen LogP contribution is -2.51. The Morgan fingerprint density at radius 1 is 1.17 bits per heavy atom. The summed E-state index contributed by atoms with van der Waals surface area (Å²) in [5, 5.41) is 1.69. The summed E-state index contributed by atoms with van der Waals surface area (Å²) in [4.78, 5) is 30.5. The van der Waals surface area contributed by atoms with Crippen molar-refractivity contribution in [1.82, 2.24) is 34.6 Å². The molecule has 0 fully saturated rings. The van der Waals surface area contributed by atoms with E-state index < -0.39 is 43.3 Å². The third kappa shape index (κ3) is 6.31. The number of fused-ring (bicyclic) bond motifs is 1. The van der Waals surface area contributed by atoms with Crippen molar-refractivity contribution in [3.8, 4) is 17.3 Å². The number of hydrogen-bond acceptors (Lipinski definition) is 6. The maximum absolute atomic E-state index is 13.3. The molecular formula is C21H23F6N7O2. The minimum atomic E-state index is -5.05. The van der Waals surface area contributed by atoms with Gasteiger partial charge in [-0.05, 0) is 26.3 Å². The molecule has 0 aliphatic carbocycles. The van der Waals surface area contributed by atoms with Crippen LogP contribution in [-0.2, 0) is 0 Å². The molecule has 3 aromatic heterocycles. The van der Waals surface area contributed by atoms with Crippen LogP contribution in [0.2, 0.25) is 0 Å². The molecule has 0 aliphatic heterocycles. The van der Waals surface area contributed by atoms with Crippen LogP contribution in [0, 0.1) is 0 Å². The van der Waals surface area contributed by atoms with Gasteiger partial charge in [0.1, 0.15) is 18.1 Å². The molecule has 3 heterocycles. The van der Waals surface area contributed by atoms with Gasteiger partial charge in [-0.3, -0.25) is 0 Å². The molecule has 2 atom stereocenters. The van der Waals surface area contributed by atoms with Crippen molar-refractivity contribution in [2.45, 2.75) is 51.1 Å². The summed E-state index contributed by atoms with van der Waals surface area (Å²) in [5.41, 5.74) is 1.48. The van der Waals surface area contributed by atoms with Gasteiger partial charge in [0.05, 0.1) is 24.5 Å². The third-order valence-corrected chi connectivity index (χ3v) is 5.39. The predicted molar refractivity (Wildman–Crippen MR) is 115 cm³/mol. The Bertz CT molecular complexity index is 1200. The third-order valence-electron chi connectivity index (χ3n) is 5.39. The van der Waals surface area contributed by atoms with Gasteiger partial charge in [-0.15, -0.1) is 0 Å². The predicted octanol–water partition coefficient (Wildman–Crippen LogP) is 4.56. The number of carbonyl (C=O) groups excluding carboxylic acids is 1. The number of amides is 2. The largest absolute Gasteiger partial charge is 0.478 e. The van der Waals surface area contributed by atoms with E-state index in [0.717, 1.165) is 4.90 Å². The number of nitrogens with zero attached hydrogens (tertiary/aromatic N) is 6. The van der Waals surface area contributed by atoms with E-state index in [1.54, 1.807) is 28.3 Å². The van der Waals surface area contributed by atoms with Crippen molar-refractivity contribution in [2.75, 3.05) is 13.7 Å². The summed E-state index contributed by atoms with van der Waals surface area (Å²) < 4.78 is 84.3. The molecule has 0 saturated carbocycles. The lowest BCUT2D eigenvalue weighted by atomic mass is 10.1. The SMILES string of the molecule is CCN(C(=O)N[C@@H](CCC(F)(F)F)C(F)(F)F)C(C)c1cc(-c2cn3ccnc3c(OC)n2)ncn1. The Morgan fingerprint density at radius 3 is 2.50 bits per heavy atom. The van der Waals surface area contributed by atoms with Crippen LogP contribution in [0.15, 0.2) is 31.0 Å². The molecular weight excluding hydrogens is 496 g/mol. The topological polar surface area (TPSA) is 97.5 Å². The summed E-state index contributed by atoms with van der Waals surface area (Å²) in [6.45, 7) is 3.01. The van der Waals surface area contributed by atoms with Gasteiger partial charge in [0.15, 0.2) is 5.65 Å². The molecule has 0 aromatic carbocycles. The van der Waals surface area contributed by atoms with Crippen LogP contribution in [0.5, 0.6) is 5.88 Å². The molecule has 9 nitrogen and oxygen atoms in total. The quantitative estimate of drug-likeness (QED) is 0.439. The van der Waals surface area contributed by atoms with Gasteiger partial charge >= 0.3 is 18.4 Å². The van der Waals surface area contributed by atoms with E-state index in [0.29, 0.717) is 17.0 Å². The monoisotopic (exact) mass is 519 g/mol. The van der Waals surface area contributed by atoms with Crippen molar-refractivity contribution < 1.29 is 35.9 Å². The number of methoxy groups -OCH3 is 1. The summed E-state index contributed by atoms with van der Waals surface area (Å²) in [6.07, 6.45) is -6.79. The van der Waals surface area contributed by atoms with Gasteiger partial charge in [0.2, 0.25) is 0 Å². The first-order chi connectivity index (χ1) is 16.8. The number of urea groups is 1. The Morgan fingerprint density at radius 2 is 1.89 bits per heavy atom. The maximum Gasteiger partial charge on any atom is 0.408 e. The number of halogens is 6. The number of rotatable bonds is 8.